The number of nitrogens with zero attached hydrogens (tertiary/aromatic N) is 1. The monoisotopic (exact) mass is 419 g/mol. The number of pyridine rings is 1. The lowest BCUT2D eigenvalue weighted by Crippen LogP contribution is -2.59. The van der Waals surface area contributed by atoms with Crippen LogP contribution in [0.3, 0.4) is 0 Å². The van der Waals surface area contributed by atoms with Crippen molar-refractivity contribution in [3.05, 3.63) is 59.9 Å². The molecule has 8 nitrogen and oxygen atoms in total. The van der Waals surface area contributed by atoms with E-state index in [9.17, 15) is 20.4 Å². The third-order valence-corrected chi connectivity index (χ3v) is 5.04. The molecule has 2 heterocycles. The van der Waals surface area contributed by atoms with Gasteiger partial charge in [-0.1, -0.05) is 18.2 Å². The molecule has 0 saturated carbocycles. The van der Waals surface area contributed by atoms with Crippen molar-refractivity contribution in [2.75, 3.05) is 13.2 Å². The Morgan fingerprint density at radius 1 is 0.933 bits per heavy atom. The van der Waals surface area contributed by atoms with Crippen LogP contribution in [-0.2, 0) is 22.5 Å². The number of aromatic nitrogens is 1. The van der Waals surface area contributed by atoms with E-state index in [1.807, 2.05) is 36.4 Å². The largest absolute Gasteiger partial charge is 0.489 e. The highest BCUT2D eigenvalue weighted by molar-refractivity contribution is 5.27. The maximum atomic E-state index is 9.94. The number of hydrogen-bond donors (Lipinski definition) is 4. The van der Waals surface area contributed by atoms with Gasteiger partial charge < -0.3 is 34.6 Å². The fraction of sp³-hybridized carbons (Fsp3) is 0.500. The van der Waals surface area contributed by atoms with Crippen molar-refractivity contribution < 1.29 is 34.6 Å². The first-order valence-corrected chi connectivity index (χ1v) is 10.1. The van der Waals surface area contributed by atoms with Crippen LogP contribution in [0, 0.1) is 0 Å². The molecule has 1 aromatic heterocycles. The Bertz CT molecular complexity index is 741. The van der Waals surface area contributed by atoms with Gasteiger partial charge in [-0.25, -0.2) is 0 Å². The SMILES string of the molecule is OC[C@H]1O[C@@H](OCCCCc2ccc(OCc3cccnc3)cc2)[C@H](O)[C@@H](O)[C@@H]1O. The predicted molar refractivity (Wildman–Crippen MR) is 108 cm³/mol. The Labute approximate surface area is 175 Å². The van der Waals surface area contributed by atoms with E-state index in [0.717, 1.165) is 30.6 Å². The zero-order valence-electron chi connectivity index (χ0n) is 16.7. The van der Waals surface area contributed by atoms with Crippen LogP contribution in [0.25, 0.3) is 0 Å². The Morgan fingerprint density at radius 2 is 1.73 bits per heavy atom. The summed E-state index contributed by atoms with van der Waals surface area (Å²) in [6.45, 7) is 0.338. The molecular weight excluding hydrogens is 390 g/mol. The van der Waals surface area contributed by atoms with Crippen LogP contribution < -0.4 is 4.74 Å². The van der Waals surface area contributed by atoms with Crippen molar-refractivity contribution in [2.24, 2.45) is 0 Å². The predicted octanol–water partition coefficient (Wildman–Crippen LogP) is 0.800. The minimum Gasteiger partial charge on any atom is -0.489 e. The first-order chi connectivity index (χ1) is 14.6. The van der Waals surface area contributed by atoms with Crippen LogP contribution >= 0.6 is 0 Å². The van der Waals surface area contributed by atoms with E-state index in [4.69, 9.17) is 14.2 Å². The molecule has 3 rings (SSSR count). The fourth-order valence-electron chi connectivity index (χ4n) is 3.24. The van der Waals surface area contributed by atoms with Gasteiger partial charge in [0.05, 0.1) is 6.61 Å². The Morgan fingerprint density at radius 3 is 2.43 bits per heavy atom. The fourth-order valence-corrected chi connectivity index (χ4v) is 3.24. The number of benzene rings is 1. The molecule has 1 aliphatic rings. The van der Waals surface area contributed by atoms with Gasteiger partial charge in [-0.2, -0.15) is 0 Å². The molecule has 0 spiro atoms. The quantitative estimate of drug-likeness (QED) is 0.417. The second-order valence-corrected chi connectivity index (χ2v) is 7.32. The third kappa shape index (κ3) is 6.21. The molecule has 1 aliphatic heterocycles. The first-order valence-electron chi connectivity index (χ1n) is 10.1. The molecule has 2 aromatic rings. The minimum absolute atomic E-state index is 0.328. The van der Waals surface area contributed by atoms with Crippen molar-refractivity contribution in [3.8, 4) is 5.75 Å². The summed E-state index contributed by atoms with van der Waals surface area (Å²) in [6, 6.07) is 11.8. The van der Waals surface area contributed by atoms with Crippen LogP contribution in [0.5, 0.6) is 5.75 Å². The average molecular weight is 419 g/mol. The van der Waals surface area contributed by atoms with Crippen molar-refractivity contribution in [3.63, 3.8) is 0 Å². The van der Waals surface area contributed by atoms with Gasteiger partial charge in [-0.05, 0) is 43.0 Å². The number of hydrogen-bond acceptors (Lipinski definition) is 8. The van der Waals surface area contributed by atoms with E-state index in [0.29, 0.717) is 13.2 Å². The standard InChI is InChI=1S/C22H29NO7/c24-13-18-19(25)20(26)21(27)22(30-18)28-11-2-1-4-15-6-8-17(9-7-15)29-14-16-5-3-10-23-12-16/h3,5-10,12,18-22,24-27H,1-2,4,11,13-14H2/t18-,19-,20+,21-,22-/m1/s1. The lowest BCUT2D eigenvalue weighted by molar-refractivity contribution is -0.301. The number of rotatable bonds is 10. The Kier molecular flexibility index (Phi) is 8.56. The van der Waals surface area contributed by atoms with Gasteiger partial charge in [-0.15, -0.1) is 0 Å². The van der Waals surface area contributed by atoms with E-state index < -0.39 is 37.3 Å². The maximum absolute atomic E-state index is 9.94. The molecule has 30 heavy (non-hydrogen) atoms. The number of aliphatic hydroxyl groups is 4. The third-order valence-electron chi connectivity index (χ3n) is 5.04. The Hall–Kier alpha value is -2.07. The molecule has 1 aromatic carbocycles. The molecule has 0 aliphatic carbocycles. The summed E-state index contributed by atoms with van der Waals surface area (Å²) in [5.74, 6) is 0.800. The molecule has 1 fully saturated rings. The van der Waals surface area contributed by atoms with Gasteiger partial charge in [0.2, 0.25) is 0 Å². The van der Waals surface area contributed by atoms with Crippen LogP contribution in [0.4, 0.5) is 0 Å². The van der Waals surface area contributed by atoms with E-state index in [-0.39, 0.29) is 0 Å². The van der Waals surface area contributed by atoms with Crippen molar-refractivity contribution in [1.29, 1.82) is 0 Å². The summed E-state index contributed by atoms with van der Waals surface area (Å²) in [5, 5.41) is 38.6. The molecular formula is C22H29NO7. The molecule has 8 heteroatoms. The molecule has 164 valence electrons. The minimum atomic E-state index is -1.42. The lowest BCUT2D eigenvalue weighted by atomic mass is 9.99. The summed E-state index contributed by atoms with van der Waals surface area (Å²) in [6.07, 6.45) is -0.205. The van der Waals surface area contributed by atoms with Crippen LogP contribution in [0.2, 0.25) is 0 Å². The van der Waals surface area contributed by atoms with Gasteiger partial charge in [0.25, 0.3) is 0 Å². The zero-order chi connectivity index (χ0) is 21.3. The van der Waals surface area contributed by atoms with E-state index in [2.05, 4.69) is 4.98 Å². The highest BCUT2D eigenvalue weighted by Crippen LogP contribution is 2.22. The number of aryl methyl sites for hydroxylation is 1. The molecule has 1 saturated heterocycles. The van der Waals surface area contributed by atoms with Crippen LogP contribution in [0.15, 0.2) is 48.8 Å². The van der Waals surface area contributed by atoms with E-state index >= 15 is 0 Å². The summed E-state index contributed by atoms with van der Waals surface area (Å²) in [5.41, 5.74) is 2.19. The lowest BCUT2D eigenvalue weighted by Gasteiger charge is -2.39. The smallest absolute Gasteiger partial charge is 0.186 e. The summed E-state index contributed by atoms with van der Waals surface area (Å²) < 4.78 is 16.6. The first kappa shape index (κ1) is 22.6. The number of ether oxygens (including phenoxy) is 3. The molecule has 0 unspecified atom stereocenters. The van der Waals surface area contributed by atoms with Gasteiger partial charge >= 0.3 is 0 Å². The molecule has 0 bridgehead atoms. The van der Waals surface area contributed by atoms with Crippen LogP contribution in [0.1, 0.15) is 24.0 Å². The molecule has 0 radical (unpaired) electrons. The van der Waals surface area contributed by atoms with Crippen LogP contribution in [-0.4, -0.2) is 69.3 Å². The topological polar surface area (TPSA) is 122 Å². The summed E-state index contributed by atoms with van der Waals surface area (Å²) in [4.78, 5) is 4.06. The van der Waals surface area contributed by atoms with Crippen molar-refractivity contribution in [1.82, 2.24) is 4.98 Å². The summed E-state index contributed by atoms with van der Waals surface area (Å²) >= 11 is 0. The van der Waals surface area contributed by atoms with Gasteiger partial charge in [0.15, 0.2) is 6.29 Å². The second kappa shape index (κ2) is 11.4. The summed E-state index contributed by atoms with van der Waals surface area (Å²) in [7, 11) is 0. The molecule has 0 amide bonds. The highest BCUT2D eigenvalue weighted by Gasteiger charge is 2.43. The zero-order valence-corrected chi connectivity index (χ0v) is 16.7. The van der Waals surface area contributed by atoms with Crippen molar-refractivity contribution in [2.45, 2.75) is 56.6 Å². The van der Waals surface area contributed by atoms with E-state index in [1.54, 1.807) is 12.4 Å². The van der Waals surface area contributed by atoms with E-state index in [1.165, 1.54) is 5.56 Å². The molecule has 4 N–H and O–H groups in total. The number of aliphatic hydroxyl groups excluding tert-OH is 4. The Balaban J connectivity index is 1.34. The van der Waals surface area contributed by atoms with Gasteiger partial charge in [-0.3, -0.25) is 4.98 Å². The van der Waals surface area contributed by atoms with Gasteiger partial charge in [0.1, 0.15) is 36.8 Å². The molecule has 5 atom stereocenters. The highest BCUT2D eigenvalue weighted by atomic mass is 16.7. The number of unbranched alkanes of at least 4 members (excludes halogenated alkanes) is 1. The van der Waals surface area contributed by atoms with Crippen molar-refractivity contribution >= 4 is 0 Å². The van der Waals surface area contributed by atoms with Gasteiger partial charge in [0, 0.05) is 24.6 Å². The second-order valence-electron chi connectivity index (χ2n) is 7.32. The normalized spacial score (nSPS) is 26.5. The average Bonchev–Trinajstić information content (AvgIpc) is 2.79. The maximum Gasteiger partial charge on any atom is 0.186 e.